The fraction of sp³-hybridized carbons (Fsp3) is 0.625. The van der Waals surface area contributed by atoms with Gasteiger partial charge in [-0.05, 0) is 23.1 Å². The van der Waals surface area contributed by atoms with E-state index in [1.165, 1.54) is 0 Å². The van der Waals surface area contributed by atoms with E-state index < -0.39 is 20.6 Å². The lowest BCUT2D eigenvalue weighted by Crippen LogP contribution is -2.40. The van der Waals surface area contributed by atoms with Crippen LogP contribution in [0.2, 0.25) is 0 Å². The Morgan fingerprint density at radius 3 is 2.14 bits per heavy atom. The Morgan fingerprint density at radius 2 is 1.64 bits per heavy atom. The fourth-order valence-electron chi connectivity index (χ4n) is 2.43. The Hall–Kier alpha value is -0.720. The van der Waals surface area contributed by atoms with Gasteiger partial charge in [-0.15, -0.1) is 0 Å². The third kappa shape index (κ3) is 4.64. The van der Waals surface area contributed by atoms with Crippen molar-refractivity contribution in [3.63, 3.8) is 0 Å². The minimum absolute atomic E-state index is 0.0196. The summed E-state index contributed by atoms with van der Waals surface area (Å²) < 4.78 is 36.1. The molecule has 1 fully saturated rings. The second kappa shape index (κ2) is 6.81. The van der Waals surface area contributed by atoms with Crippen LogP contribution in [0.3, 0.4) is 0 Å². The highest BCUT2D eigenvalue weighted by Gasteiger charge is 2.20. The predicted molar refractivity (Wildman–Crippen MR) is 91.5 cm³/mol. The first-order chi connectivity index (χ1) is 10.2. The van der Waals surface area contributed by atoms with Crippen molar-refractivity contribution in [1.29, 1.82) is 0 Å². The first-order valence-electron chi connectivity index (χ1n) is 7.59. The van der Waals surface area contributed by atoms with Gasteiger partial charge in [0, 0.05) is 41.9 Å². The summed E-state index contributed by atoms with van der Waals surface area (Å²) in [6.07, 6.45) is 0. The van der Waals surface area contributed by atoms with Crippen LogP contribution in [0.5, 0.6) is 0 Å². The van der Waals surface area contributed by atoms with Crippen molar-refractivity contribution in [2.75, 3.05) is 36.9 Å². The number of sulfone groups is 1. The molecule has 1 aliphatic rings. The van der Waals surface area contributed by atoms with Crippen molar-refractivity contribution >= 4 is 20.6 Å². The van der Waals surface area contributed by atoms with E-state index in [0.717, 1.165) is 18.7 Å². The monoisotopic (exact) mass is 343 g/mol. The average Bonchev–Trinajstić information content (AvgIpc) is 2.46. The van der Waals surface area contributed by atoms with Crippen LogP contribution in [-0.4, -0.2) is 54.4 Å². The van der Waals surface area contributed by atoms with Crippen molar-refractivity contribution in [2.45, 2.75) is 31.1 Å². The van der Waals surface area contributed by atoms with Gasteiger partial charge in [0.05, 0.1) is 10.6 Å². The zero-order valence-electron chi connectivity index (χ0n) is 13.5. The SMILES string of the molecule is CC(C)(C)c1ccc(S(=O)(=O)CCN2CCS(=O)CC2)cc1. The molecule has 6 heteroatoms. The molecule has 1 aliphatic heterocycles. The molecule has 1 saturated heterocycles. The molecule has 4 nitrogen and oxygen atoms in total. The topological polar surface area (TPSA) is 54.5 Å². The molecule has 0 spiro atoms. The van der Waals surface area contributed by atoms with E-state index in [4.69, 9.17) is 0 Å². The Balaban J connectivity index is 1.99. The van der Waals surface area contributed by atoms with Crippen LogP contribution in [-0.2, 0) is 26.1 Å². The first kappa shape index (κ1) is 17.6. The highest BCUT2D eigenvalue weighted by Crippen LogP contribution is 2.23. The minimum atomic E-state index is -3.25. The van der Waals surface area contributed by atoms with Crippen LogP contribution in [0.25, 0.3) is 0 Å². The van der Waals surface area contributed by atoms with Gasteiger partial charge in [-0.3, -0.25) is 4.21 Å². The smallest absolute Gasteiger partial charge is 0.179 e. The summed E-state index contributed by atoms with van der Waals surface area (Å²) in [6.45, 7) is 8.29. The van der Waals surface area contributed by atoms with E-state index >= 15 is 0 Å². The summed E-state index contributed by atoms with van der Waals surface area (Å²) in [7, 11) is -3.98. The van der Waals surface area contributed by atoms with Crippen molar-refractivity contribution < 1.29 is 12.6 Å². The summed E-state index contributed by atoms with van der Waals surface area (Å²) in [5, 5.41) is 0. The molecule has 0 atom stereocenters. The normalized spacial score (nSPS) is 18.5. The van der Waals surface area contributed by atoms with Gasteiger partial charge in [0.25, 0.3) is 0 Å². The highest BCUT2D eigenvalue weighted by atomic mass is 32.2. The Kier molecular flexibility index (Phi) is 5.45. The molecule has 0 unspecified atom stereocenters. The molecule has 1 aromatic carbocycles. The van der Waals surface area contributed by atoms with Crippen molar-refractivity contribution in [3.05, 3.63) is 29.8 Å². The Labute approximate surface area is 136 Å². The van der Waals surface area contributed by atoms with E-state index in [-0.39, 0.29) is 11.2 Å². The van der Waals surface area contributed by atoms with Gasteiger partial charge in [0.15, 0.2) is 9.84 Å². The third-order valence-corrected chi connectivity index (χ3v) is 7.01. The second-order valence-corrected chi connectivity index (χ2v) is 10.6. The van der Waals surface area contributed by atoms with Gasteiger partial charge < -0.3 is 4.90 Å². The number of hydrogen-bond donors (Lipinski definition) is 0. The highest BCUT2D eigenvalue weighted by molar-refractivity contribution is 7.91. The molecule has 22 heavy (non-hydrogen) atoms. The number of nitrogens with zero attached hydrogens (tertiary/aromatic N) is 1. The summed E-state index contributed by atoms with van der Waals surface area (Å²) in [5.41, 5.74) is 1.15. The second-order valence-electron chi connectivity index (χ2n) is 6.78. The molecule has 2 rings (SSSR count). The van der Waals surface area contributed by atoms with Crippen LogP contribution in [0.4, 0.5) is 0 Å². The molecule has 0 N–H and O–H groups in total. The molecule has 0 aliphatic carbocycles. The molecule has 124 valence electrons. The minimum Gasteiger partial charge on any atom is -0.300 e. The Morgan fingerprint density at radius 1 is 1.09 bits per heavy atom. The zero-order valence-corrected chi connectivity index (χ0v) is 15.2. The lowest BCUT2D eigenvalue weighted by Gasteiger charge is -2.25. The summed E-state index contributed by atoms with van der Waals surface area (Å²) >= 11 is 0. The molecule has 0 radical (unpaired) electrons. The van der Waals surface area contributed by atoms with Gasteiger partial charge in [0.1, 0.15) is 0 Å². The maximum atomic E-state index is 12.4. The fourth-order valence-corrected chi connectivity index (χ4v) is 4.84. The lowest BCUT2D eigenvalue weighted by atomic mass is 9.87. The summed E-state index contributed by atoms with van der Waals surface area (Å²) in [4.78, 5) is 2.48. The lowest BCUT2D eigenvalue weighted by molar-refractivity contribution is 0.317. The molecule has 0 saturated carbocycles. The van der Waals surface area contributed by atoms with Crippen LogP contribution in [0, 0.1) is 0 Å². The first-order valence-corrected chi connectivity index (χ1v) is 10.7. The maximum absolute atomic E-state index is 12.4. The van der Waals surface area contributed by atoms with E-state index in [1.54, 1.807) is 12.1 Å². The standard InChI is InChI=1S/C16H25NO3S2/c1-16(2,3)14-4-6-15(7-5-14)22(19,20)13-10-17-8-11-21(18)12-9-17/h4-7H,8-13H2,1-3H3. The van der Waals surface area contributed by atoms with Crippen LogP contribution >= 0.6 is 0 Å². The molecule has 1 aromatic rings. The zero-order chi connectivity index (χ0) is 16.4. The van der Waals surface area contributed by atoms with Crippen LogP contribution in [0.15, 0.2) is 29.2 Å². The van der Waals surface area contributed by atoms with Crippen molar-refractivity contribution in [3.8, 4) is 0 Å². The van der Waals surface area contributed by atoms with Crippen molar-refractivity contribution in [1.82, 2.24) is 4.90 Å². The molecular formula is C16H25NO3S2. The molecule has 0 amide bonds. The number of rotatable bonds is 4. The third-order valence-electron chi connectivity index (χ3n) is 4.03. The van der Waals surface area contributed by atoms with Gasteiger partial charge in [-0.25, -0.2) is 8.42 Å². The van der Waals surface area contributed by atoms with E-state index in [1.807, 2.05) is 12.1 Å². The number of benzene rings is 1. The largest absolute Gasteiger partial charge is 0.300 e. The van der Waals surface area contributed by atoms with Crippen LogP contribution < -0.4 is 0 Å². The maximum Gasteiger partial charge on any atom is 0.179 e. The van der Waals surface area contributed by atoms with Gasteiger partial charge in [-0.2, -0.15) is 0 Å². The van der Waals surface area contributed by atoms with Crippen molar-refractivity contribution in [2.24, 2.45) is 0 Å². The predicted octanol–water partition coefficient (Wildman–Crippen LogP) is 1.82. The van der Waals surface area contributed by atoms with E-state index in [9.17, 15) is 12.6 Å². The average molecular weight is 344 g/mol. The number of hydrogen-bond acceptors (Lipinski definition) is 4. The van der Waals surface area contributed by atoms with E-state index in [0.29, 0.717) is 22.9 Å². The summed E-state index contributed by atoms with van der Waals surface area (Å²) in [5.74, 6) is 1.43. The molecule has 1 heterocycles. The Bertz CT molecular complexity index is 620. The quantitative estimate of drug-likeness (QED) is 0.837. The molecular weight excluding hydrogens is 318 g/mol. The molecule has 0 aromatic heterocycles. The van der Waals surface area contributed by atoms with E-state index in [2.05, 4.69) is 25.7 Å². The van der Waals surface area contributed by atoms with Gasteiger partial charge >= 0.3 is 0 Å². The van der Waals surface area contributed by atoms with Gasteiger partial charge in [-0.1, -0.05) is 32.9 Å². The van der Waals surface area contributed by atoms with Crippen LogP contribution in [0.1, 0.15) is 26.3 Å². The van der Waals surface area contributed by atoms with Gasteiger partial charge in [0.2, 0.25) is 0 Å². The summed E-state index contributed by atoms with van der Waals surface area (Å²) in [6, 6.07) is 7.22. The molecule has 0 bridgehead atoms.